The number of halogens is 3. The molecule has 0 bridgehead atoms. The van der Waals surface area contributed by atoms with Crippen LogP contribution in [0.5, 0.6) is 5.88 Å². The molecule has 3 rings (SSSR count). The number of anilines is 1. The number of aliphatic imine (C=N–C) groups is 1. The predicted molar refractivity (Wildman–Crippen MR) is 102 cm³/mol. The topological polar surface area (TPSA) is 115 Å². The summed E-state index contributed by atoms with van der Waals surface area (Å²) in [5.74, 6) is -1.61. The van der Waals surface area contributed by atoms with Crippen LogP contribution in [0.25, 0.3) is 0 Å². The van der Waals surface area contributed by atoms with E-state index in [1.165, 1.54) is 13.0 Å². The second-order valence-corrected chi connectivity index (χ2v) is 7.69. The number of carbonyl (C=O) groups is 1. The number of carbonyl (C=O) groups excluding carboxylic acids is 1. The summed E-state index contributed by atoms with van der Waals surface area (Å²) < 4.78 is 46.0. The Bertz CT molecular complexity index is 945. The van der Waals surface area contributed by atoms with Gasteiger partial charge >= 0.3 is 0 Å². The summed E-state index contributed by atoms with van der Waals surface area (Å²) in [5.41, 5.74) is 3.72. The van der Waals surface area contributed by atoms with Crippen LogP contribution in [0, 0.1) is 5.82 Å². The fourth-order valence-electron chi connectivity index (χ4n) is 2.82. The Hall–Kier alpha value is -2.89. The van der Waals surface area contributed by atoms with E-state index < -0.39 is 35.5 Å². The van der Waals surface area contributed by atoms with Gasteiger partial charge < -0.3 is 15.8 Å². The van der Waals surface area contributed by atoms with Gasteiger partial charge in [0.2, 0.25) is 12.7 Å². The number of nitrogens with zero attached hydrogens (tertiary/aromatic N) is 4. The number of nitrogens with one attached hydrogen (secondary N) is 1. The van der Waals surface area contributed by atoms with Crippen LogP contribution >= 0.6 is 11.8 Å². The number of amides is 1. The van der Waals surface area contributed by atoms with E-state index in [1.54, 1.807) is 6.92 Å². The van der Waals surface area contributed by atoms with Gasteiger partial charge in [0.25, 0.3) is 5.91 Å². The Morgan fingerprint density at radius 3 is 2.79 bits per heavy atom. The van der Waals surface area contributed by atoms with Crippen molar-refractivity contribution in [2.24, 2.45) is 10.7 Å². The molecule has 0 saturated heterocycles. The van der Waals surface area contributed by atoms with Crippen molar-refractivity contribution < 1.29 is 22.7 Å². The van der Waals surface area contributed by atoms with Gasteiger partial charge in [-0.15, -0.1) is 0 Å². The lowest BCUT2D eigenvalue weighted by molar-refractivity contribution is 0.102. The summed E-state index contributed by atoms with van der Waals surface area (Å²) in [4.78, 5) is 28.0. The fourth-order valence-corrected chi connectivity index (χ4v) is 3.83. The third-order valence-electron chi connectivity index (χ3n) is 4.23. The Balaban J connectivity index is 1.87. The zero-order valence-corrected chi connectivity index (χ0v) is 16.2. The van der Waals surface area contributed by atoms with E-state index in [2.05, 4.69) is 30.0 Å². The molecule has 12 heteroatoms. The molecule has 1 amide bonds. The van der Waals surface area contributed by atoms with Gasteiger partial charge in [-0.1, -0.05) is 11.8 Å². The van der Waals surface area contributed by atoms with Crippen molar-refractivity contribution in [1.29, 1.82) is 0 Å². The van der Waals surface area contributed by atoms with E-state index in [9.17, 15) is 18.0 Å². The van der Waals surface area contributed by atoms with Crippen LogP contribution in [0.4, 0.5) is 19.0 Å². The summed E-state index contributed by atoms with van der Waals surface area (Å²) in [6, 6.07) is 2.27. The maximum absolute atomic E-state index is 14.9. The van der Waals surface area contributed by atoms with Gasteiger partial charge in [0.1, 0.15) is 34.7 Å². The minimum atomic E-state index is -1.65. The molecule has 154 valence electrons. The van der Waals surface area contributed by atoms with Crippen molar-refractivity contribution in [3.63, 3.8) is 0 Å². The molecular weight excluding hydrogens is 409 g/mol. The predicted octanol–water partition coefficient (Wildman–Crippen LogP) is 2.57. The van der Waals surface area contributed by atoms with Crippen molar-refractivity contribution in [3.05, 3.63) is 41.7 Å². The number of aromatic nitrogens is 3. The number of ether oxygens (including phenoxy) is 1. The highest BCUT2D eigenvalue weighted by Crippen LogP contribution is 2.41. The van der Waals surface area contributed by atoms with E-state index in [-0.39, 0.29) is 28.3 Å². The average molecular weight is 426 g/mol. The first-order valence-electron chi connectivity index (χ1n) is 8.40. The first kappa shape index (κ1) is 20.8. The molecule has 3 N–H and O–H groups in total. The summed E-state index contributed by atoms with van der Waals surface area (Å²) in [5, 5.41) is 1.99. The van der Waals surface area contributed by atoms with Gasteiger partial charge in [0, 0.05) is 5.25 Å². The van der Waals surface area contributed by atoms with Crippen molar-refractivity contribution in [3.8, 4) is 5.88 Å². The van der Waals surface area contributed by atoms with Crippen LogP contribution in [-0.4, -0.2) is 44.3 Å². The smallest absolute Gasteiger partial charge is 0.277 e. The molecule has 0 unspecified atom stereocenters. The van der Waals surface area contributed by atoms with Crippen LogP contribution < -0.4 is 15.8 Å². The van der Waals surface area contributed by atoms with E-state index in [4.69, 9.17) is 5.73 Å². The lowest BCUT2D eigenvalue weighted by Gasteiger charge is -2.36. The summed E-state index contributed by atoms with van der Waals surface area (Å²) in [6.07, 6.45) is 0.599. The number of alkyl halides is 2. The van der Waals surface area contributed by atoms with E-state index in [1.807, 2.05) is 0 Å². The van der Waals surface area contributed by atoms with Crippen LogP contribution in [0.3, 0.4) is 0 Å². The largest absolute Gasteiger partial charge is 0.445 e. The van der Waals surface area contributed by atoms with E-state index >= 15 is 0 Å². The van der Waals surface area contributed by atoms with Crippen LogP contribution in [-0.2, 0) is 5.54 Å². The Morgan fingerprint density at radius 1 is 1.38 bits per heavy atom. The molecular formula is C17H17F3N6O2S. The van der Waals surface area contributed by atoms with Gasteiger partial charge in [-0.25, -0.2) is 33.1 Å². The molecule has 1 aliphatic rings. The van der Waals surface area contributed by atoms with Crippen molar-refractivity contribution >= 4 is 28.7 Å². The van der Waals surface area contributed by atoms with Crippen LogP contribution in [0.2, 0.25) is 0 Å². The molecule has 3 heterocycles. The van der Waals surface area contributed by atoms with Gasteiger partial charge in [-0.05, 0) is 26.0 Å². The Labute approximate surface area is 168 Å². The third-order valence-corrected chi connectivity index (χ3v) is 5.17. The molecule has 0 radical (unpaired) electrons. The van der Waals surface area contributed by atoms with Gasteiger partial charge in [0.15, 0.2) is 5.17 Å². The van der Waals surface area contributed by atoms with E-state index in [0.29, 0.717) is 0 Å². The van der Waals surface area contributed by atoms with Crippen molar-refractivity contribution in [2.45, 2.75) is 30.8 Å². The summed E-state index contributed by atoms with van der Waals surface area (Å²) >= 11 is 1.05. The molecule has 2 aromatic heterocycles. The second kappa shape index (κ2) is 8.23. The highest BCUT2D eigenvalue weighted by molar-refractivity contribution is 8.14. The number of rotatable bonds is 5. The molecule has 0 spiro atoms. The average Bonchev–Trinajstić information content (AvgIpc) is 2.68. The fraction of sp³-hybridized carbons (Fsp3) is 0.353. The molecule has 2 aromatic rings. The number of hydrogen-bond acceptors (Lipinski definition) is 8. The summed E-state index contributed by atoms with van der Waals surface area (Å²) in [7, 11) is 0. The minimum absolute atomic E-state index is 0.0367. The number of hydrogen-bond donors (Lipinski definition) is 2. The lowest BCUT2D eigenvalue weighted by atomic mass is 9.89. The van der Waals surface area contributed by atoms with Crippen LogP contribution in [0.1, 0.15) is 30.0 Å². The van der Waals surface area contributed by atoms with Gasteiger partial charge in [0.05, 0.1) is 12.4 Å². The lowest BCUT2D eigenvalue weighted by Crippen LogP contribution is -2.44. The number of thioether (sulfide) groups is 1. The second-order valence-electron chi connectivity index (χ2n) is 6.30. The summed E-state index contributed by atoms with van der Waals surface area (Å²) in [6.45, 7) is 1.93. The highest BCUT2D eigenvalue weighted by atomic mass is 32.2. The monoisotopic (exact) mass is 426 g/mol. The van der Waals surface area contributed by atoms with E-state index in [0.717, 1.165) is 30.2 Å². The zero-order valence-electron chi connectivity index (χ0n) is 15.4. The standard InChI is InChI=1S/C17H17F3N6O2S/c1-8-13(20)17(2,26-16(21)29-8)14-9(19)3-4-11(24-14)25-15(27)10-5-23-12(6-22-10)28-7-18/h3-6,8,13H,7H2,1-2H3,(H2,21,26)(H,24,25,27)/t8-,13+,17+/m1/s1. The van der Waals surface area contributed by atoms with Crippen molar-refractivity contribution in [2.75, 3.05) is 12.2 Å². The molecule has 0 aliphatic carbocycles. The van der Waals surface area contributed by atoms with Crippen molar-refractivity contribution in [1.82, 2.24) is 15.0 Å². The molecule has 8 nitrogen and oxygen atoms in total. The quantitative estimate of drug-likeness (QED) is 0.755. The number of pyridine rings is 1. The minimum Gasteiger partial charge on any atom is -0.445 e. The Kier molecular flexibility index (Phi) is 5.91. The molecule has 29 heavy (non-hydrogen) atoms. The maximum atomic E-state index is 14.9. The first-order chi connectivity index (χ1) is 13.7. The SMILES string of the molecule is C[C@H]1SC(N)=N[C@](C)(c2nc(NC(=O)c3cnc(OCF)cn3)ccc2F)[C@H]1F. The number of amidine groups is 1. The highest BCUT2D eigenvalue weighted by Gasteiger charge is 2.46. The molecule has 0 fully saturated rings. The molecule has 0 saturated carbocycles. The maximum Gasteiger partial charge on any atom is 0.277 e. The first-order valence-corrected chi connectivity index (χ1v) is 9.27. The van der Waals surface area contributed by atoms with Crippen LogP contribution in [0.15, 0.2) is 29.5 Å². The molecule has 1 aliphatic heterocycles. The Morgan fingerprint density at radius 2 is 2.14 bits per heavy atom. The van der Waals surface area contributed by atoms with Gasteiger partial charge in [-0.3, -0.25) is 4.79 Å². The zero-order chi connectivity index (χ0) is 21.2. The third kappa shape index (κ3) is 4.26. The molecule has 0 aromatic carbocycles. The number of nitrogens with two attached hydrogens (primary N) is 1. The molecule has 3 atom stereocenters. The normalized spacial score (nSPS) is 24.0. The van der Waals surface area contributed by atoms with Gasteiger partial charge in [-0.2, -0.15) is 0 Å².